The summed E-state index contributed by atoms with van der Waals surface area (Å²) < 4.78 is 6.15. The maximum absolute atomic E-state index is 6.15. The molecule has 0 heterocycles. The van der Waals surface area contributed by atoms with Crippen molar-refractivity contribution in [3.8, 4) is 0 Å². The smallest absolute Gasteiger partial charge is 0.0804 e. The lowest BCUT2D eigenvalue weighted by molar-refractivity contribution is -0.0573. The maximum atomic E-state index is 6.15. The Morgan fingerprint density at radius 1 is 1.06 bits per heavy atom. The minimum absolute atomic E-state index is 0.00174. The normalized spacial score (nSPS) is 21.8. The van der Waals surface area contributed by atoms with Gasteiger partial charge in [-0.2, -0.15) is 0 Å². The van der Waals surface area contributed by atoms with Gasteiger partial charge in [0.25, 0.3) is 0 Å². The van der Waals surface area contributed by atoms with Gasteiger partial charge in [0.1, 0.15) is 0 Å². The standard InChI is InChI=1S/C14H29NO/c1-13(2,3)10-11-16-14(12-15)8-6-4-5-7-9-14/h4-12,15H2,1-3H3. The van der Waals surface area contributed by atoms with E-state index in [2.05, 4.69) is 20.8 Å². The molecule has 0 amide bonds. The molecule has 0 radical (unpaired) electrons. The topological polar surface area (TPSA) is 35.2 Å². The molecule has 0 atom stereocenters. The van der Waals surface area contributed by atoms with Gasteiger partial charge in [0.2, 0.25) is 0 Å². The van der Waals surface area contributed by atoms with Crippen molar-refractivity contribution in [3.05, 3.63) is 0 Å². The SMILES string of the molecule is CC(C)(C)CCOC1(CN)CCCCCC1. The Kier molecular flexibility index (Phi) is 5.26. The highest BCUT2D eigenvalue weighted by Crippen LogP contribution is 2.30. The molecule has 0 unspecified atom stereocenters. The van der Waals surface area contributed by atoms with Crippen molar-refractivity contribution in [2.45, 2.75) is 71.3 Å². The summed E-state index contributed by atoms with van der Waals surface area (Å²) in [6.45, 7) is 8.34. The monoisotopic (exact) mass is 227 g/mol. The summed E-state index contributed by atoms with van der Waals surface area (Å²) >= 11 is 0. The van der Waals surface area contributed by atoms with Crippen LogP contribution in [0.15, 0.2) is 0 Å². The average molecular weight is 227 g/mol. The molecule has 0 spiro atoms. The van der Waals surface area contributed by atoms with Crippen LogP contribution in [0.25, 0.3) is 0 Å². The maximum Gasteiger partial charge on any atom is 0.0804 e. The van der Waals surface area contributed by atoms with E-state index in [4.69, 9.17) is 10.5 Å². The van der Waals surface area contributed by atoms with Crippen LogP contribution in [0.5, 0.6) is 0 Å². The number of hydrogen-bond acceptors (Lipinski definition) is 2. The van der Waals surface area contributed by atoms with Crippen LogP contribution in [0.2, 0.25) is 0 Å². The summed E-state index contributed by atoms with van der Waals surface area (Å²) in [7, 11) is 0. The van der Waals surface area contributed by atoms with Crippen molar-refractivity contribution >= 4 is 0 Å². The highest BCUT2D eigenvalue weighted by molar-refractivity contribution is 4.84. The van der Waals surface area contributed by atoms with Gasteiger partial charge in [-0.05, 0) is 24.7 Å². The first-order valence-corrected chi connectivity index (χ1v) is 6.82. The lowest BCUT2D eigenvalue weighted by atomic mass is 9.91. The Bertz CT molecular complexity index is 187. The molecule has 1 aliphatic carbocycles. The van der Waals surface area contributed by atoms with E-state index in [1.165, 1.54) is 25.7 Å². The first kappa shape index (κ1) is 14.0. The van der Waals surface area contributed by atoms with E-state index in [1.54, 1.807) is 0 Å². The predicted molar refractivity (Wildman–Crippen MR) is 69.5 cm³/mol. The average Bonchev–Trinajstić information content (AvgIpc) is 2.42. The van der Waals surface area contributed by atoms with Crippen LogP contribution < -0.4 is 5.73 Å². The van der Waals surface area contributed by atoms with Crippen LogP contribution >= 0.6 is 0 Å². The van der Waals surface area contributed by atoms with E-state index in [-0.39, 0.29) is 5.60 Å². The van der Waals surface area contributed by atoms with Gasteiger partial charge in [0.05, 0.1) is 5.60 Å². The molecule has 0 aromatic rings. The fraction of sp³-hybridized carbons (Fsp3) is 1.00. The van der Waals surface area contributed by atoms with Crippen LogP contribution in [0, 0.1) is 5.41 Å². The zero-order valence-electron chi connectivity index (χ0n) is 11.3. The molecule has 0 saturated heterocycles. The second kappa shape index (κ2) is 6.02. The number of ether oxygens (including phenoxy) is 1. The molecule has 96 valence electrons. The van der Waals surface area contributed by atoms with Crippen molar-refractivity contribution < 1.29 is 4.74 Å². The van der Waals surface area contributed by atoms with Crippen LogP contribution in [-0.2, 0) is 4.74 Å². The number of hydrogen-bond donors (Lipinski definition) is 1. The first-order valence-electron chi connectivity index (χ1n) is 6.82. The number of rotatable bonds is 4. The molecule has 0 aromatic heterocycles. The van der Waals surface area contributed by atoms with Crippen molar-refractivity contribution in [2.24, 2.45) is 11.1 Å². The van der Waals surface area contributed by atoms with Crippen LogP contribution in [0.1, 0.15) is 65.7 Å². The summed E-state index contributed by atoms with van der Waals surface area (Å²) in [6, 6.07) is 0. The summed E-state index contributed by atoms with van der Waals surface area (Å²) in [4.78, 5) is 0. The van der Waals surface area contributed by atoms with E-state index in [9.17, 15) is 0 Å². The second-order valence-electron chi connectivity index (χ2n) is 6.46. The highest BCUT2D eigenvalue weighted by Gasteiger charge is 2.30. The third kappa shape index (κ3) is 4.84. The van der Waals surface area contributed by atoms with Gasteiger partial charge in [-0.1, -0.05) is 46.5 Å². The first-order chi connectivity index (χ1) is 7.47. The fourth-order valence-electron chi connectivity index (χ4n) is 2.35. The van der Waals surface area contributed by atoms with Crippen molar-refractivity contribution in [3.63, 3.8) is 0 Å². The van der Waals surface area contributed by atoms with E-state index in [0.29, 0.717) is 12.0 Å². The van der Waals surface area contributed by atoms with Crippen LogP contribution in [0.4, 0.5) is 0 Å². The lowest BCUT2D eigenvalue weighted by Gasteiger charge is -2.33. The second-order valence-corrected chi connectivity index (χ2v) is 6.46. The van der Waals surface area contributed by atoms with Gasteiger partial charge in [0.15, 0.2) is 0 Å². The fourth-order valence-corrected chi connectivity index (χ4v) is 2.35. The van der Waals surface area contributed by atoms with Crippen molar-refractivity contribution in [2.75, 3.05) is 13.2 Å². The van der Waals surface area contributed by atoms with E-state index < -0.39 is 0 Å². The molecule has 16 heavy (non-hydrogen) atoms. The molecule has 0 aliphatic heterocycles. The molecule has 1 fully saturated rings. The Morgan fingerprint density at radius 2 is 1.62 bits per heavy atom. The van der Waals surface area contributed by atoms with Gasteiger partial charge in [-0.3, -0.25) is 0 Å². The van der Waals surface area contributed by atoms with Gasteiger partial charge in [-0.15, -0.1) is 0 Å². The quantitative estimate of drug-likeness (QED) is 0.746. The molecular weight excluding hydrogens is 198 g/mol. The van der Waals surface area contributed by atoms with Crippen LogP contribution in [0.3, 0.4) is 0 Å². The summed E-state index contributed by atoms with van der Waals surface area (Å²) in [5.41, 5.74) is 6.30. The minimum Gasteiger partial charge on any atom is -0.374 e. The third-order valence-corrected chi connectivity index (χ3v) is 3.65. The molecule has 2 heteroatoms. The Labute approximate surface area is 101 Å². The molecule has 1 rings (SSSR count). The number of nitrogens with two attached hydrogens (primary N) is 1. The van der Waals surface area contributed by atoms with Gasteiger partial charge >= 0.3 is 0 Å². The molecule has 2 N–H and O–H groups in total. The Hall–Kier alpha value is -0.0800. The molecule has 1 saturated carbocycles. The third-order valence-electron chi connectivity index (χ3n) is 3.65. The molecule has 0 bridgehead atoms. The zero-order chi connectivity index (χ0) is 12.1. The summed E-state index contributed by atoms with van der Waals surface area (Å²) in [5, 5.41) is 0. The zero-order valence-corrected chi connectivity index (χ0v) is 11.3. The van der Waals surface area contributed by atoms with Crippen molar-refractivity contribution in [1.29, 1.82) is 0 Å². The van der Waals surface area contributed by atoms with Gasteiger partial charge in [-0.25, -0.2) is 0 Å². The highest BCUT2D eigenvalue weighted by atomic mass is 16.5. The summed E-state index contributed by atoms with van der Waals surface area (Å²) in [5.74, 6) is 0. The Balaban J connectivity index is 2.39. The van der Waals surface area contributed by atoms with E-state index in [1.807, 2.05) is 0 Å². The van der Waals surface area contributed by atoms with Gasteiger partial charge < -0.3 is 10.5 Å². The van der Waals surface area contributed by atoms with E-state index in [0.717, 1.165) is 25.9 Å². The Morgan fingerprint density at radius 3 is 2.06 bits per heavy atom. The molecule has 0 aromatic carbocycles. The minimum atomic E-state index is 0.00174. The van der Waals surface area contributed by atoms with Crippen molar-refractivity contribution in [1.82, 2.24) is 0 Å². The summed E-state index contributed by atoms with van der Waals surface area (Å²) in [6.07, 6.45) is 8.71. The largest absolute Gasteiger partial charge is 0.374 e. The van der Waals surface area contributed by atoms with Crippen LogP contribution in [-0.4, -0.2) is 18.8 Å². The lowest BCUT2D eigenvalue weighted by Crippen LogP contribution is -2.41. The molecule has 1 aliphatic rings. The van der Waals surface area contributed by atoms with Gasteiger partial charge in [0, 0.05) is 13.2 Å². The predicted octanol–water partition coefficient (Wildman–Crippen LogP) is 3.49. The molecular formula is C14H29NO. The molecule has 2 nitrogen and oxygen atoms in total. The van der Waals surface area contributed by atoms with E-state index >= 15 is 0 Å².